The van der Waals surface area contributed by atoms with Crippen molar-refractivity contribution < 1.29 is 9.26 Å². The van der Waals surface area contributed by atoms with Crippen molar-refractivity contribution in [3.63, 3.8) is 0 Å². The number of nitrogens with two attached hydrogens (primary N) is 1. The van der Waals surface area contributed by atoms with Crippen LogP contribution in [0, 0.1) is 0 Å². The highest BCUT2D eigenvalue weighted by Gasteiger charge is 2.16. The van der Waals surface area contributed by atoms with E-state index in [1.165, 1.54) is 0 Å². The molecule has 0 amide bonds. The van der Waals surface area contributed by atoms with Crippen molar-refractivity contribution in [2.45, 2.75) is 18.8 Å². The third-order valence-electron chi connectivity index (χ3n) is 1.69. The molecule has 0 aliphatic carbocycles. The molecule has 0 saturated carbocycles. The molecule has 1 rings (SSSR count). The zero-order valence-corrected chi connectivity index (χ0v) is 9.21. The highest BCUT2D eigenvalue weighted by atomic mass is 32.2. The number of rotatable bonds is 6. The van der Waals surface area contributed by atoms with Gasteiger partial charge in [-0.2, -0.15) is 16.7 Å². The monoisotopic (exact) mass is 217 g/mol. The van der Waals surface area contributed by atoms with E-state index in [-0.39, 0.29) is 6.10 Å². The van der Waals surface area contributed by atoms with Crippen molar-refractivity contribution in [1.29, 1.82) is 0 Å². The molecule has 0 aliphatic rings. The zero-order chi connectivity index (χ0) is 10.4. The Balaban J connectivity index is 2.57. The predicted octanol–water partition coefficient (Wildman–Crippen LogP) is 0.969. The summed E-state index contributed by atoms with van der Waals surface area (Å²) in [5.74, 6) is 2.96. The second-order valence-electron chi connectivity index (χ2n) is 2.65. The van der Waals surface area contributed by atoms with E-state index in [1.807, 2.05) is 0 Å². The summed E-state index contributed by atoms with van der Waals surface area (Å²) in [4.78, 5) is 4.19. The summed E-state index contributed by atoms with van der Waals surface area (Å²) < 4.78 is 10.1. The topological polar surface area (TPSA) is 74.2 Å². The molecule has 0 spiro atoms. The number of nitrogens with zero attached hydrogens (tertiary/aromatic N) is 2. The molecule has 0 radical (unpaired) electrons. The summed E-state index contributed by atoms with van der Waals surface area (Å²) in [7, 11) is 1.57. The Hall–Kier alpha value is -0.590. The molecule has 0 fully saturated rings. The van der Waals surface area contributed by atoms with Gasteiger partial charge >= 0.3 is 0 Å². The Morgan fingerprint density at radius 2 is 2.43 bits per heavy atom. The lowest BCUT2D eigenvalue weighted by atomic mass is 10.3. The molecule has 0 bridgehead atoms. The van der Waals surface area contributed by atoms with Crippen LogP contribution < -0.4 is 5.73 Å². The molecule has 2 N–H and O–H groups in total. The summed E-state index contributed by atoms with van der Waals surface area (Å²) in [6, 6.07) is 0. The molecule has 1 atom stereocenters. The normalized spacial score (nSPS) is 13.1. The number of ether oxygens (including phenoxy) is 1. The summed E-state index contributed by atoms with van der Waals surface area (Å²) in [5, 5.41) is 3.83. The van der Waals surface area contributed by atoms with Crippen LogP contribution in [0.1, 0.15) is 24.7 Å². The van der Waals surface area contributed by atoms with Crippen molar-refractivity contribution in [3.05, 3.63) is 11.7 Å². The van der Waals surface area contributed by atoms with Gasteiger partial charge in [-0.05, 0) is 5.75 Å². The largest absolute Gasteiger partial charge is 0.370 e. The van der Waals surface area contributed by atoms with Crippen LogP contribution in [0.25, 0.3) is 0 Å². The van der Waals surface area contributed by atoms with Crippen molar-refractivity contribution in [2.24, 2.45) is 5.73 Å². The Morgan fingerprint density at radius 1 is 1.64 bits per heavy atom. The summed E-state index contributed by atoms with van der Waals surface area (Å²) in [6.45, 7) is 2.43. The van der Waals surface area contributed by atoms with Crippen molar-refractivity contribution in [3.8, 4) is 0 Å². The minimum absolute atomic E-state index is 0.289. The Labute approximate surface area is 87.4 Å². The van der Waals surface area contributed by atoms with Gasteiger partial charge in [-0.15, -0.1) is 0 Å². The lowest BCUT2D eigenvalue weighted by molar-refractivity contribution is 0.0804. The molecule has 14 heavy (non-hydrogen) atoms. The first kappa shape index (κ1) is 11.5. The number of hydrogen-bond donors (Lipinski definition) is 1. The predicted molar refractivity (Wildman–Crippen MR) is 54.9 cm³/mol. The second-order valence-corrected chi connectivity index (χ2v) is 3.92. The molecule has 1 aromatic heterocycles. The Kier molecular flexibility index (Phi) is 4.92. The van der Waals surface area contributed by atoms with Gasteiger partial charge in [0.2, 0.25) is 0 Å². The standard InChI is InChI=1S/C8H15N3O2S/c1-3-14-5-7-10-8(13-11-7)6(4-9)12-2/h6H,3-5,9H2,1-2H3. The molecule has 1 unspecified atom stereocenters. The first-order valence-corrected chi connectivity index (χ1v) is 5.60. The maximum Gasteiger partial charge on any atom is 0.257 e. The van der Waals surface area contributed by atoms with Gasteiger partial charge in [0.25, 0.3) is 5.89 Å². The third kappa shape index (κ3) is 2.97. The quantitative estimate of drug-likeness (QED) is 0.765. The van der Waals surface area contributed by atoms with Crippen LogP contribution in [0.4, 0.5) is 0 Å². The first-order chi connectivity index (χ1) is 6.81. The maximum atomic E-state index is 5.47. The molecule has 1 aromatic rings. The van der Waals surface area contributed by atoms with Crippen molar-refractivity contribution in [2.75, 3.05) is 19.4 Å². The van der Waals surface area contributed by atoms with E-state index in [0.717, 1.165) is 11.5 Å². The minimum Gasteiger partial charge on any atom is -0.370 e. The van der Waals surface area contributed by atoms with Gasteiger partial charge in [0.05, 0.1) is 5.75 Å². The average molecular weight is 217 g/mol. The fourth-order valence-corrected chi connectivity index (χ4v) is 1.45. The molecule has 0 aromatic carbocycles. The number of thioether (sulfide) groups is 1. The van der Waals surface area contributed by atoms with Crippen LogP contribution in [0.15, 0.2) is 4.52 Å². The number of aromatic nitrogens is 2. The molecular formula is C8H15N3O2S. The van der Waals surface area contributed by atoms with Gasteiger partial charge in [0.1, 0.15) is 6.10 Å². The number of methoxy groups -OCH3 is 1. The van der Waals surface area contributed by atoms with E-state index in [2.05, 4.69) is 17.1 Å². The van der Waals surface area contributed by atoms with Gasteiger partial charge in [0.15, 0.2) is 5.82 Å². The van der Waals surface area contributed by atoms with Crippen LogP contribution in [0.2, 0.25) is 0 Å². The van der Waals surface area contributed by atoms with E-state index >= 15 is 0 Å². The fourth-order valence-electron chi connectivity index (χ4n) is 0.948. The smallest absolute Gasteiger partial charge is 0.257 e. The van der Waals surface area contributed by atoms with E-state index in [1.54, 1.807) is 18.9 Å². The van der Waals surface area contributed by atoms with Crippen molar-refractivity contribution >= 4 is 11.8 Å². The van der Waals surface area contributed by atoms with Gasteiger partial charge in [-0.1, -0.05) is 12.1 Å². The molecule has 0 aliphatic heterocycles. The summed E-state index contributed by atoms with van der Waals surface area (Å²) in [5.41, 5.74) is 5.47. The maximum absolute atomic E-state index is 5.47. The molecule has 6 heteroatoms. The van der Waals surface area contributed by atoms with E-state index in [9.17, 15) is 0 Å². The van der Waals surface area contributed by atoms with E-state index in [4.69, 9.17) is 15.0 Å². The van der Waals surface area contributed by atoms with Crippen LogP contribution in [0.3, 0.4) is 0 Å². The molecule has 0 saturated heterocycles. The van der Waals surface area contributed by atoms with Crippen LogP contribution >= 0.6 is 11.8 Å². The van der Waals surface area contributed by atoms with Crippen LogP contribution in [0.5, 0.6) is 0 Å². The fraction of sp³-hybridized carbons (Fsp3) is 0.750. The van der Waals surface area contributed by atoms with Gasteiger partial charge < -0.3 is 15.0 Å². The Bertz CT molecular complexity index is 263. The zero-order valence-electron chi connectivity index (χ0n) is 8.40. The molecule has 1 heterocycles. The first-order valence-electron chi connectivity index (χ1n) is 4.44. The summed E-state index contributed by atoms with van der Waals surface area (Å²) in [6.07, 6.45) is -0.289. The average Bonchev–Trinajstić information content (AvgIpc) is 2.65. The molecule has 5 nitrogen and oxygen atoms in total. The highest BCUT2D eigenvalue weighted by molar-refractivity contribution is 7.98. The van der Waals surface area contributed by atoms with Gasteiger partial charge in [-0.25, -0.2) is 0 Å². The minimum atomic E-state index is -0.289. The molecule has 80 valence electrons. The SMILES string of the molecule is CCSCc1noc(C(CN)OC)n1. The Morgan fingerprint density at radius 3 is 3.00 bits per heavy atom. The second kappa shape index (κ2) is 6.00. The van der Waals surface area contributed by atoms with Gasteiger partial charge in [0, 0.05) is 13.7 Å². The van der Waals surface area contributed by atoms with Gasteiger partial charge in [-0.3, -0.25) is 0 Å². The third-order valence-corrected chi connectivity index (χ3v) is 2.56. The lowest BCUT2D eigenvalue weighted by Gasteiger charge is -2.05. The highest BCUT2D eigenvalue weighted by Crippen LogP contribution is 2.15. The lowest BCUT2D eigenvalue weighted by Crippen LogP contribution is -2.14. The van der Waals surface area contributed by atoms with E-state index < -0.39 is 0 Å². The van der Waals surface area contributed by atoms with Crippen molar-refractivity contribution in [1.82, 2.24) is 10.1 Å². The number of hydrogen-bond acceptors (Lipinski definition) is 6. The van der Waals surface area contributed by atoms with Crippen LogP contribution in [-0.2, 0) is 10.5 Å². The summed E-state index contributed by atoms with van der Waals surface area (Å²) >= 11 is 1.74. The van der Waals surface area contributed by atoms with Crippen LogP contribution in [-0.4, -0.2) is 29.5 Å². The van der Waals surface area contributed by atoms with E-state index in [0.29, 0.717) is 18.3 Å². The molecular weight excluding hydrogens is 202 g/mol.